The zero-order valence-corrected chi connectivity index (χ0v) is 12.6. The molecule has 0 aliphatic carbocycles. The van der Waals surface area contributed by atoms with E-state index in [4.69, 9.17) is 4.74 Å². The van der Waals surface area contributed by atoms with Crippen LogP contribution in [0.3, 0.4) is 0 Å². The van der Waals surface area contributed by atoms with E-state index in [9.17, 15) is 0 Å². The Morgan fingerprint density at radius 1 is 1.38 bits per heavy atom. The number of nitrogens with zero attached hydrogens (tertiary/aromatic N) is 5. The van der Waals surface area contributed by atoms with Crippen molar-refractivity contribution in [3.8, 4) is 0 Å². The van der Waals surface area contributed by atoms with E-state index in [1.54, 1.807) is 12.5 Å². The number of rotatable bonds is 5. The van der Waals surface area contributed by atoms with E-state index >= 15 is 0 Å². The Kier molecular flexibility index (Phi) is 4.15. The van der Waals surface area contributed by atoms with Gasteiger partial charge in [0, 0.05) is 43.9 Å². The highest BCUT2D eigenvalue weighted by molar-refractivity contribution is 5.43. The predicted molar refractivity (Wildman–Crippen MR) is 80.2 cm³/mol. The van der Waals surface area contributed by atoms with Gasteiger partial charge in [-0.25, -0.2) is 9.97 Å². The molecule has 21 heavy (non-hydrogen) atoms. The summed E-state index contributed by atoms with van der Waals surface area (Å²) < 4.78 is 7.78. The monoisotopic (exact) mass is 287 g/mol. The van der Waals surface area contributed by atoms with E-state index in [2.05, 4.69) is 31.6 Å². The van der Waals surface area contributed by atoms with Gasteiger partial charge in [0.25, 0.3) is 0 Å². The molecule has 0 unspecified atom stereocenters. The first-order valence-electron chi connectivity index (χ1n) is 7.46. The molecule has 0 aromatic carbocycles. The first-order valence-corrected chi connectivity index (χ1v) is 7.46. The molecule has 0 saturated heterocycles. The minimum atomic E-state index is 0.325. The second-order valence-electron chi connectivity index (χ2n) is 5.18. The van der Waals surface area contributed by atoms with Crippen molar-refractivity contribution in [3.63, 3.8) is 0 Å². The van der Waals surface area contributed by atoms with Crippen LogP contribution in [-0.4, -0.2) is 39.5 Å². The van der Waals surface area contributed by atoms with Crippen LogP contribution in [0, 0.1) is 0 Å². The lowest BCUT2D eigenvalue weighted by atomic mass is 9.97. The molecule has 1 aliphatic heterocycles. The van der Waals surface area contributed by atoms with Crippen molar-refractivity contribution >= 4 is 5.82 Å². The Hall–Kier alpha value is -1.95. The molecule has 0 N–H and O–H groups in total. The number of hydrogen-bond acceptors (Lipinski definition) is 5. The molecule has 0 fully saturated rings. The van der Waals surface area contributed by atoms with Crippen molar-refractivity contribution in [2.45, 2.75) is 32.9 Å². The third kappa shape index (κ3) is 2.76. The summed E-state index contributed by atoms with van der Waals surface area (Å²) in [5.74, 6) is 1.28. The average Bonchev–Trinajstić information content (AvgIpc) is 2.96. The van der Waals surface area contributed by atoms with Gasteiger partial charge in [-0.1, -0.05) is 0 Å². The van der Waals surface area contributed by atoms with E-state index in [0.717, 1.165) is 38.7 Å². The van der Waals surface area contributed by atoms with Gasteiger partial charge in [-0.2, -0.15) is 5.10 Å². The molecule has 6 heteroatoms. The number of hydrogen-bond donors (Lipinski definition) is 0. The minimum Gasteiger partial charge on any atom is -0.381 e. The second-order valence-corrected chi connectivity index (χ2v) is 5.18. The Labute approximate surface area is 124 Å². The maximum absolute atomic E-state index is 5.68. The smallest absolute Gasteiger partial charge is 0.132 e. The lowest BCUT2D eigenvalue weighted by Gasteiger charge is -2.34. The summed E-state index contributed by atoms with van der Waals surface area (Å²) in [6, 6.07) is 1.95. The van der Waals surface area contributed by atoms with E-state index < -0.39 is 0 Å². The molecule has 6 nitrogen and oxygen atoms in total. The fourth-order valence-electron chi connectivity index (χ4n) is 2.94. The van der Waals surface area contributed by atoms with Gasteiger partial charge in [-0.05, 0) is 19.9 Å². The van der Waals surface area contributed by atoms with Crippen LogP contribution in [0.1, 0.15) is 31.0 Å². The van der Waals surface area contributed by atoms with Gasteiger partial charge in [0.1, 0.15) is 12.1 Å². The van der Waals surface area contributed by atoms with Gasteiger partial charge in [-0.3, -0.25) is 4.68 Å². The van der Waals surface area contributed by atoms with Crippen molar-refractivity contribution in [2.24, 2.45) is 0 Å². The minimum absolute atomic E-state index is 0.325. The van der Waals surface area contributed by atoms with Gasteiger partial charge < -0.3 is 9.64 Å². The van der Waals surface area contributed by atoms with Crippen LogP contribution >= 0.6 is 0 Å². The summed E-state index contributed by atoms with van der Waals surface area (Å²) >= 11 is 0. The second kappa shape index (κ2) is 6.22. The van der Waals surface area contributed by atoms with E-state index in [0.29, 0.717) is 5.92 Å². The van der Waals surface area contributed by atoms with Crippen molar-refractivity contribution in [2.75, 3.05) is 24.7 Å². The molecule has 2 aromatic rings. The first kappa shape index (κ1) is 14.0. The molecule has 1 atom stereocenters. The fourth-order valence-corrected chi connectivity index (χ4v) is 2.94. The number of ether oxygens (including phenoxy) is 1. The largest absolute Gasteiger partial charge is 0.381 e. The topological polar surface area (TPSA) is 56.1 Å². The molecule has 3 rings (SSSR count). The highest BCUT2D eigenvalue weighted by Gasteiger charge is 2.29. The molecule has 2 aromatic heterocycles. The molecule has 0 spiro atoms. The average molecular weight is 287 g/mol. The molecule has 0 saturated carbocycles. The Morgan fingerprint density at radius 3 is 3.00 bits per heavy atom. The fraction of sp³-hybridized carbons (Fsp3) is 0.533. The summed E-state index contributed by atoms with van der Waals surface area (Å²) in [6.07, 6.45) is 5.36. The molecule has 0 amide bonds. The third-order valence-electron chi connectivity index (χ3n) is 3.86. The molecule has 3 heterocycles. The number of aromatic nitrogens is 4. The third-order valence-corrected chi connectivity index (χ3v) is 3.86. The molecule has 112 valence electrons. The van der Waals surface area contributed by atoms with E-state index in [1.165, 1.54) is 11.3 Å². The van der Waals surface area contributed by atoms with Gasteiger partial charge in [0.15, 0.2) is 0 Å². The Morgan fingerprint density at radius 2 is 2.29 bits per heavy atom. The van der Waals surface area contributed by atoms with Crippen LogP contribution in [0.25, 0.3) is 0 Å². The van der Waals surface area contributed by atoms with Crippen LogP contribution in [-0.2, 0) is 17.8 Å². The van der Waals surface area contributed by atoms with Crippen molar-refractivity contribution in [3.05, 3.63) is 36.0 Å². The molecular weight excluding hydrogens is 266 g/mol. The standard InChI is InChI=1S/C15H21N5O/c1-3-20-15-12(7-18-20)8-19(9-13(15)10-21-4-2)14-5-6-16-11-17-14/h5-7,11,13H,3-4,8-10H2,1-2H3/t13-/m1/s1. The van der Waals surface area contributed by atoms with Crippen LogP contribution < -0.4 is 4.90 Å². The summed E-state index contributed by atoms with van der Waals surface area (Å²) in [4.78, 5) is 10.6. The summed E-state index contributed by atoms with van der Waals surface area (Å²) in [5, 5.41) is 4.50. The molecule has 0 bridgehead atoms. The van der Waals surface area contributed by atoms with Gasteiger partial charge in [-0.15, -0.1) is 0 Å². The van der Waals surface area contributed by atoms with Crippen LogP contribution in [0.5, 0.6) is 0 Å². The highest BCUT2D eigenvalue weighted by Crippen LogP contribution is 2.30. The lowest BCUT2D eigenvalue weighted by Crippen LogP contribution is -2.36. The summed E-state index contributed by atoms with van der Waals surface area (Å²) in [6.45, 7) is 8.25. The van der Waals surface area contributed by atoms with Crippen molar-refractivity contribution < 1.29 is 4.74 Å². The van der Waals surface area contributed by atoms with Gasteiger partial charge >= 0.3 is 0 Å². The van der Waals surface area contributed by atoms with Gasteiger partial charge in [0.2, 0.25) is 0 Å². The van der Waals surface area contributed by atoms with E-state index in [-0.39, 0.29) is 0 Å². The Bertz CT molecular complexity index is 583. The van der Waals surface area contributed by atoms with Crippen molar-refractivity contribution in [1.82, 2.24) is 19.7 Å². The van der Waals surface area contributed by atoms with Crippen LogP contribution in [0.4, 0.5) is 5.82 Å². The molecular formula is C15H21N5O. The number of anilines is 1. The maximum Gasteiger partial charge on any atom is 0.132 e. The highest BCUT2D eigenvalue weighted by atomic mass is 16.5. The summed E-state index contributed by atoms with van der Waals surface area (Å²) in [7, 11) is 0. The SMILES string of the molecule is CCOC[C@H]1CN(c2ccncn2)Cc2cnn(CC)c21. The van der Waals surface area contributed by atoms with Gasteiger partial charge in [0.05, 0.1) is 18.5 Å². The quantitative estimate of drug-likeness (QED) is 0.840. The number of fused-ring (bicyclic) bond motifs is 1. The van der Waals surface area contributed by atoms with E-state index in [1.807, 2.05) is 19.2 Å². The summed E-state index contributed by atoms with van der Waals surface area (Å²) in [5.41, 5.74) is 2.59. The van der Waals surface area contributed by atoms with Crippen LogP contribution in [0.15, 0.2) is 24.8 Å². The Balaban J connectivity index is 1.90. The van der Waals surface area contributed by atoms with Crippen LogP contribution in [0.2, 0.25) is 0 Å². The first-order chi connectivity index (χ1) is 10.3. The number of aryl methyl sites for hydroxylation is 1. The zero-order chi connectivity index (χ0) is 14.7. The van der Waals surface area contributed by atoms with Crippen molar-refractivity contribution in [1.29, 1.82) is 0 Å². The zero-order valence-electron chi connectivity index (χ0n) is 12.6. The molecule has 1 aliphatic rings. The normalized spacial score (nSPS) is 17.8. The predicted octanol–water partition coefficient (Wildman–Crippen LogP) is 1.83. The maximum atomic E-state index is 5.68. The molecule has 0 radical (unpaired) electrons. The lowest BCUT2D eigenvalue weighted by molar-refractivity contribution is 0.129.